The summed E-state index contributed by atoms with van der Waals surface area (Å²) in [5.41, 5.74) is 0. The molecule has 0 aromatic carbocycles. The van der Waals surface area contributed by atoms with Crippen LogP contribution in [0.3, 0.4) is 0 Å². The molecule has 1 fully saturated rings. The molecule has 1 aliphatic heterocycles. The van der Waals surface area contributed by atoms with E-state index in [0.29, 0.717) is 0 Å². The summed E-state index contributed by atoms with van der Waals surface area (Å²) >= 11 is 0. The molecule has 1 rings (SSSR count). The Morgan fingerprint density at radius 2 is 2.15 bits per heavy atom. The first kappa shape index (κ1) is 10.3. The minimum atomic E-state index is -0.217. The predicted octanol–water partition coefficient (Wildman–Crippen LogP) is 0.595. The second-order valence-electron chi connectivity index (χ2n) is 3.15. The smallest absolute Gasteiger partial charge is 0.409 e. The zero-order valence-electron chi connectivity index (χ0n) is 8.16. The maximum atomic E-state index is 11.2. The minimum absolute atomic E-state index is 0.217. The van der Waals surface area contributed by atoms with E-state index in [1.807, 2.05) is 0 Å². The van der Waals surface area contributed by atoms with E-state index in [1.54, 1.807) is 4.90 Å². The maximum absolute atomic E-state index is 11.2. The number of nitrogens with zero attached hydrogens (tertiary/aromatic N) is 2. The minimum Gasteiger partial charge on any atom is -0.453 e. The average Bonchev–Trinajstić information content (AvgIpc) is 2.41. The highest BCUT2D eigenvalue weighted by Crippen LogP contribution is 2.03. The van der Waals surface area contributed by atoms with Gasteiger partial charge in [-0.3, -0.25) is 0 Å². The Labute approximate surface area is 79.4 Å². The molecule has 1 amide bonds. The summed E-state index contributed by atoms with van der Waals surface area (Å²) < 4.78 is 4.67. The second-order valence-corrected chi connectivity index (χ2v) is 3.15. The molecule has 0 unspecified atom stereocenters. The first-order chi connectivity index (χ1) is 6.27. The van der Waals surface area contributed by atoms with E-state index < -0.39 is 0 Å². The predicted molar refractivity (Wildman–Crippen MR) is 50.4 cm³/mol. The molecular weight excluding hydrogens is 168 g/mol. The van der Waals surface area contributed by atoms with Gasteiger partial charge in [-0.15, -0.1) is 0 Å². The van der Waals surface area contributed by atoms with Crippen molar-refractivity contribution in [2.24, 2.45) is 0 Å². The summed E-state index contributed by atoms with van der Waals surface area (Å²) in [6.45, 7) is 8.12. The molecule has 4 heteroatoms. The van der Waals surface area contributed by atoms with Crippen LogP contribution in [0.25, 0.3) is 0 Å². The van der Waals surface area contributed by atoms with Crippen molar-refractivity contribution in [1.29, 1.82) is 0 Å². The molecule has 1 saturated heterocycles. The lowest BCUT2D eigenvalue weighted by atomic mass is 10.4. The fraction of sp³-hybridized carbons (Fsp3) is 0.778. The van der Waals surface area contributed by atoms with Gasteiger partial charge < -0.3 is 14.5 Å². The van der Waals surface area contributed by atoms with Gasteiger partial charge in [-0.1, -0.05) is 0 Å². The summed E-state index contributed by atoms with van der Waals surface area (Å²) in [5.74, 6) is 0. The highest BCUT2D eigenvalue weighted by molar-refractivity contribution is 5.67. The fourth-order valence-electron chi connectivity index (χ4n) is 1.51. The molecule has 4 nitrogen and oxygen atoms in total. The molecule has 0 aromatic heterocycles. The molecule has 0 bridgehead atoms. The monoisotopic (exact) mass is 185 g/mol. The van der Waals surface area contributed by atoms with Crippen molar-refractivity contribution in [3.8, 4) is 0 Å². The third-order valence-corrected chi connectivity index (χ3v) is 2.34. The SMILES string of the molecule is [CH2]CN1CCCN(C(=O)OC)CC1. The third kappa shape index (κ3) is 2.88. The zero-order valence-corrected chi connectivity index (χ0v) is 8.16. The van der Waals surface area contributed by atoms with E-state index in [4.69, 9.17) is 0 Å². The van der Waals surface area contributed by atoms with Crippen LogP contribution in [0.1, 0.15) is 6.42 Å². The lowest BCUT2D eigenvalue weighted by Gasteiger charge is -2.19. The Balaban J connectivity index is 2.40. The molecule has 0 saturated carbocycles. The topological polar surface area (TPSA) is 32.8 Å². The normalized spacial score (nSPS) is 19.7. The Morgan fingerprint density at radius 3 is 2.77 bits per heavy atom. The van der Waals surface area contributed by atoms with Gasteiger partial charge in [0.25, 0.3) is 0 Å². The van der Waals surface area contributed by atoms with E-state index in [0.717, 1.165) is 39.1 Å². The van der Waals surface area contributed by atoms with Gasteiger partial charge in [0.1, 0.15) is 0 Å². The van der Waals surface area contributed by atoms with Crippen molar-refractivity contribution in [2.75, 3.05) is 39.8 Å². The average molecular weight is 185 g/mol. The van der Waals surface area contributed by atoms with Gasteiger partial charge in [0.15, 0.2) is 0 Å². The number of hydrogen-bond donors (Lipinski definition) is 0. The van der Waals surface area contributed by atoms with Gasteiger partial charge in [0.05, 0.1) is 7.11 Å². The van der Waals surface area contributed by atoms with Crippen LogP contribution in [-0.2, 0) is 4.74 Å². The van der Waals surface area contributed by atoms with Gasteiger partial charge >= 0.3 is 6.09 Å². The van der Waals surface area contributed by atoms with Crippen molar-refractivity contribution in [1.82, 2.24) is 9.80 Å². The largest absolute Gasteiger partial charge is 0.453 e. The van der Waals surface area contributed by atoms with Gasteiger partial charge in [0, 0.05) is 19.6 Å². The molecule has 75 valence electrons. The van der Waals surface area contributed by atoms with Crippen LogP contribution in [0.4, 0.5) is 4.79 Å². The summed E-state index contributed by atoms with van der Waals surface area (Å²) in [6.07, 6.45) is 0.788. The molecule has 1 aliphatic rings. The lowest BCUT2D eigenvalue weighted by molar-refractivity contribution is 0.125. The Bertz CT molecular complexity index is 173. The number of rotatable bonds is 1. The Kier molecular flexibility index (Phi) is 4.02. The fourth-order valence-corrected chi connectivity index (χ4v) is 1.51. The summed E-state index contributed by atoms with van der Waals surface area (Å²) in [7, 11) is 1.42. The highest BCUT2D eigenvalue weighted by atomic mass is 16.5. The number of hydrogen-bond acceptors (Lipinski definition) is 3. The molecule has 0 atom stereocenters. The molecule has 13 heavy (non-hydrogen) atoms. The summed E-state index contributed by atoms with van der Waals surface area (Å²) in [5, 5.41) is 0. The van der Waals surface area contributed by atoms with Crippen molar-refractivity contribution in [3.05, 3.63) is 6.92 Å². The summed E-state index contributed by atoms with van der Waals surface area (Å²) in [4.78, 5) is 15.2. The van der Waals surface area contributed by atoms with E-state index in [9.17, 15) is 4.79 Å². The van der Waals surface area contributed by atoms with E-state index in [-0.39, 0.29) is 6.09 Å². The van der Waals surface area contributed by atoms with Crippen LogP contribution < -0.4 is 0 Å². The van der Waals surface area contributed by atoms with Crippen molar-refractivity contribution in [3.63, 3.8) is 0 Å². The number of ether oxygens (including phenoxy) is 1. The van der Waals surface area contributed by atoms with Crippen LogP contribution in [0.5, 0.6) is 0 Å². The Morgan fingerprint density at radius 1 is 1.38 bits per heavy atom. The molecule has 0 aliphatic carbocycles. The molecule has 0 N–H and O–H groups in total. The van der Waals surface area contributed by atoms with Gasteiger partial charge in [-0.2, -0.15) is 0 Å². The third-order valence-electron chi connectivity index (χ3n) is 2.34. The summed E-state index contributed by atoms with van der Waals surface area (Å²) in [6, 6.07) is 0. The number of amides is 1. The molecule has 0 aromatic rings. The van der Waals surface area contributed by atoms with Crippen molar-refractivity contribution in [2.45, 2.75) is 6.42 Å². The van der Waals surface area contributed by atoms with E-state index >= 15 is 0 Å². The van der Waals surface area contributed by atoms with Crippen molar-refractivity contribution < 1.29 is 9.53 Å². The van der Waals surface area contributed by atoms with Gasteiger partial charge in [0.2, 0.25) is 0 Å². The van der Waals surface area contributed by atoms with Gasteiger partial charge in [-0.05, 0) is 26.4 Å². The van der Waals surface area contributed by atoms with Crippen molar-refractivity contribution >= 4 is 6.09 Å². The molecule has 1 heterocycles. The van der Waals surface area contributed by atoms with Crippen LogP contribution in [0.15, 0.2) is 0 Å². The molecular formula is C9H17N2O2. The quantitative estimate of drug-likeness (QED) is 0.599. The van der Waals surface area contributed by atoms with E-state index in [2.05, 4.69) is 16.6 Å². The van der Waals surface area contributed by atoms with E-state index in [1.165, 1.54) is 7.11 Å². The first-order valence-corrected chi connectivity index (χ1v) is 4.62. The Hall–Kier alpha value is -0.770. The lowest BCUT2D eigenvalue weighted by Crippen LogP contribution is -2.35. The maximum Gasteiger partial charge on any atom is 0.409 e. The van der Waals surface area contributed by atoms with Gasteiger partial charge in [-0.25, -0.2) is 4.79 Å². The molecule has 0 spiro atoms. The van der Waals surface area contributed by atoms with Crippen LogP contribution in [0, 0.1) is 6.92 Å². The second kappa shape index (κ2) is 5.07. The molecule has 1 radical (unpaired) electrons. The highest BCUT2D eigenvalue weighted by Gasteiger charge is 2.17. The number of methoxy groups -OCH3 is 1. The first-order valence-electron chi connectivity index (χ1n) is 4.62. The number of carbonyl (C=O) groups excluding carboxylic acids is 1. The standard InChI is InChI=1S/C9H17N2O2/c1-3-10-5-4-6-11(8-7-10)9(12)13-2/h1,3-8H2,2H3. The van der Waals surface area contributed by atoms with Crippen LogP contribution in [0.2, 0.25) is 0 Å². The zero-order chi connectivity index (χ0) is 9.68. The number of carbonyl (C=O) groups is 1. The van der Waals surface area contributed by atoms with Crippen LogP contribution in [-0.4, -0.2) is 55.7 Å². The van der Waals surface area contributed by atoms with Crippen LogP contribution >= 0.6 is 0 Å².